The molecule has 0 bridgehead atoms. The Kier molecular flexibility index (Phi) is 5.20. The summed E-state index contributed by atoms with van der Waals surface area (Å²) in [6, 6.07) is 27.9. The second-order valence-corrected chi connectivity index (χ2v) is 6.23. The van der Waals surface area contributed by atoms with Gasteiger partial charge in [-0.15, -0.1) is 0 Å². The molecule has 0 heterocycles. The number of benzene rings is 3. The van der Waals surface area contributed by atoms with Crippen LogP contribution in [0.15, 0.2) is 84.9 Å². The molecule has 2 heteroatoms. The molecule has 0 aromatic heterocycles. The molecular weight excluding hydrogens is 308 g/mol. The van der Waals surface area contributed by atoms with Crippen LogP contribution in [0, 0.1) is 0 Å². The maximum absolute atomic E-state index is 12.0. The molecule has 0 aliphatic heterocycles. The molecule has 0 fully saturated rings. The lowest BCUT2D eigenvalue weighted by Gasteiger charge is -2.37. The third-order valence-electron chi connectivity index (χ3n) is 4.86. The van der Waals surface area contributed by atoms with Gasteiger partial charge in [0.15, 0.2) is 0 Å². The molecule has 0 saturated heterocycles. The molecular formula is C23H24O2. The van der Waals surface area contributed by atoms with Crippen molar-refractivity contribution in [2.24, 2.45) is 0 Å². The van der Waals surface area contributed by atoms with Crippen LogP contribution in [-0.2, 0) is 5.60 Å². The summed E-state index contributed by atoms with van der Waals surface area (Å²) in [7, 11) is 1.65. The molecule has 0 saturated carbocycles. The van der Waals surface area contributed by atoms with Crippen molar-refractivity contribution in [2.45, 2.75) is 24.9 Å². The molecule has 128 valence electrons. The monoisotopic (exact) mass is 332 g/mol. The number of ether oxygens (including phenoxy) is 1. The largest absolute Gasteiger partial charge is 0.497 e. The quantitative estimate of drug-likeness (QED) is 0.678. The van der Waals surface area contributed by atoms with Crippen molar-refractivity contribution in [2.75, 3.05) is 7.11 Å². The predicted octanol–water partition coefficient (Wildman–Crippen LogP) is 5.12. The van der Waals surface area contributed by atoms with Crippen LogP contribution in [-0.4, -0.2) is 12.2 Å². The van der Waals surface area contributed by atoms with Gasteiger partial charge < -0.3 is 9.84 Å². The second-order valence-electron chi connectivity index (χ2n) is 6.23. The third kappa shape index (κ3) is 3.31. The van der Waals surface area contributed by atoms with Crippen LogP contribution in [0.5, 0.6) is 5.75 Å². The first-order valence-corrected chi connectivity index (χ1v) is 8.67. The molecule has 0 unspecified atom stereocenters. The number of hydrogen-bond donors (Lipinski definition) is 1. The molecule has 3 aromatic carbocycles. The van der Waals surface area contributed by atoms with Gasteiger partial charge >= 0.3 is 0 Å². The Bertz CT molecular complexity index is 781. The summed E-state index contributed by atoms with van der Waals surface area (Å²) < 4.78 is 5.28. The molecule has 3 aromatic rings. The van der Waals surface area contributed by atoms with Crippen molar-refractivity contribution in [3.63, 3.8) is 0 Å². The number of aliphatic hydroxyl groups is 1. The highest BCUT2D eigenvalue weighted by molar-refractivity contribution is 5.43. The Labute approximate surface area is 149 Å². The minimum atomic E-state index is -1.11. The van der Waals surface area contributed by atoms with Crippen molar-refractivity contribution in [1.29, 1.82) is 0 Å². The van der Waals surface area contributed by atoms with Gasteiger partial charge in [-0.2, -0.15) is 0 Å². The van der Waals surface area contributed by atoms with Gasteiger partial charge in [0, 0.05) is 5.92 Å². The third-order valence-corrected chi connectivity index (χ3v) is 4.86. The zero-order chi connectivity index (χ0) is 17.7. The topological polar surface area (TPSA) is 29.5 Å². The van der Waals surface area contributed by atoms with E-state index in [-0.39, 0.29) is 5.92 Å². The fourth-order valence-electron chi connectivity index (χ4n) is 3.56. The number of methoxy groups -OCH3 is 1. The molecule has 3 rings (SSSR count). The highest BCUT2D eigenvalue weighted by Gasteiger charge is 2.40. The van der Waals surface area contributed by atoms with Crippen LogP contribution < -0.4 is 4.74 Å². The van der Waals surface area contributed by atoms with Crippen LogP contribution in [0.3, 0.4) is 0 Å². The highest BCUT2D eigenvalue weighted by atomic mass is 16.5. The van der Waals surface area contributed by atoms with E-state index in [1.165, 1.54) is 0 Å². The summed E-state index contributed by atoms with van der Waals surface area (Å²) in [4.78, 5) is 0. The average molecular weight is 332 g/mol. The lowest BCUT2D eigenvalue weighted by Crippen LogP contribution is -2.34. The minimum absolute atomic E-state index is 0.0514. The highest BCUT2D eigenvalue weighted by Crippen LogP contribution is 2.44. The van der Waals surface area contributed by atoms with Crippen molar-refractivity contribution in [3.05, 3.63) is 102 Å². The van der Waals surface area contributed by atoms with E-state index >= 15 is 0 Å². The van der Waals surface area contributed by atoms with Crippen LogP contribution in [0.1, 0.15) is 36.0 Å². The lowest BCUT2D eigenvalue weighted by molar-refractivity contribution is 0.0476. The Morgan fingerprint density at radius 3 is 1.84 bits per heavy atom. The molecule has 0 spiro atoms. The van der Waals surface area contributed by atoms with Crippen molar-refractivity contribution in [3.8, 4) is 5.75 Å². The zero-order valence-electron chi connectivity index (χ0n) is 14.7. The molecule has 0 aliphatic carbocycles. The summed E-state index contributed by atoms with van der Waals surface area (Å²) in [5, 5.41) is 12.0. The van der Waals surface area contributed by atoms with Crippen molar-refractivity contribution >= 4 is 0 Å². The van der Waals surface area contributed by atoms with Crippen LogP contribution in [0.25, 0.3) is 0 Å². The Hall–Kier alpha value is -2.58. The molecule has 2 atom stereocenters. The first-order valence-electron chi connectivity index (χ1n) is 8.67. The van der Waals surface area contributed by atoms with Gasteiger partial charge in [-0.1, -0.05) is 79.7 Å². The van der Waals surface area contributed by atoms with Gasteiger partial charge in [0.05, 0.1) is 7.11 Å². The first-order chi connectivity index (χ1) is 12.2. The van der Waals surface area contributed by atoms with E-state index in [0.29, 0.717) is 0 Å². The van der Waals surface area contributed by atoms with Gasteiger partial charge in [0.25, 0.3) is 0 Å². The van der Waals surface area contributed by atoms with Crippen LogP contribution in [0.2, 0.25) is 0 Å². The summed E-state index contributed by atoms with van der Waals surface area (Å²) in [5.74, 6) is 0.733. The van der Waals surface area contributed by atoms with E-state index in [1.54, 1.807) is 7.11 Å². The normalized spacial score (nSPS) is 14.5. The van der Waals surface area contributed by atoms with Gasteiger partial charge in [0.1, 0.15) is 11.4 Å². The summed E-state index contributed by atoms with van der Waals surface area (Å²) >= 11 is 0. The zero-order valence-corrected chi connectivity index (χ0v) is 14.7. The minimum Gasteiger partial charge on any atom is -0.497 e. The van der Waals surface area contributed by atoms with Gasteiger partial charge in [-0.3, -0.25) is 0 Å². The van der Waals surface area contributed by atoms with Gasteiger partial charge in [-0.25, -0.2) is 0 Å². The summed E-state index contributed by atoms with van der Waals surface area (Å²) in [5.41, 5.74) is 1.79. The molecule has 0 radical (unpaired) electrons. The van der Waals surface area contributed by atoms with Crippen molar-refractivity contribution < 1.29 is 9.84 Å². The second kappa shape index (κ2) is 7.54. The summed E-state index contributed by atoms with van der Waals surface area (Å²) in [6.45, 7) is 2.12. The van der Waals surface area contributed by atoms with Gasteiger partial charge in [0.2, 0.25) is 0 Å². The fourth-order valence-corrected chi connectivity index (χ4v) is 3.56. The van der Waals surface area contributed by atoms with Crippen molar-refractivity contribution in [1.82, 2.24) is 0 Å². The van der Waals surface area contributed by atoms with E-state index in [4.69, 9.17) is 4.74 Å². The number of hydrogen-bond acceptors (Lipinski definition) is 2. The lowest BCUT2D eigenvalue weighted by atomic mass is 9.72. The Morgan fingerprint density at radius 2 is 1.32 bits per heavy atom. The van der Waals surface area contributed by atoms with E-state index in [2.05, 4.69) is 19.1 Å². The first kappa shape index (κ1) is 17.2. The Morgan fingerprint density at radius 1 is 0.800 bits per heavy atom. The SMILES string of the molecule is CC[C@H](c1ccccc1)[C@](O)(c1ccccc1)c1ccc(OC)cc1. The fraction of sp³-hybridized carbons (Fsp3) is 0.217. The van der Waals surface area contributed by atoms with E-state index in [1.807, 2.05) is 72.8 Å². The van der Waals surface area contributed by atoms with E-state index in [0.717, 1.165) is 28.9 Å². The molecule has 0 amide bonds. The van der Waals surface area contributed by atoms with E-state index in [9.17, 15) is 5.11 Å². The van der Waals surface area contributed by atoms with Crippen LogP contribution in [0.4, 0.5) is 0 Å². The molecule has 1 N–H and O–H groups in total. The molecule has 2 nitrogen and oxygen atoms in total. The molecule has 25 heavy (non-hydrogen) atoms. The van der Waals surface area contributed by atoms with Crippen LogP contribution >= 0.6 is 0 Å². The number of rotatable bonds is 6. The smallest absolute Gasteiger partial charge is 0.121 e. The van der Waals surface area contributed by atoms with E-state index < -0.39 is 5.60 Å². The maximum Gasteiger partial charge on any atom is 0.121 e. The van der Waals surface area contributed by atoms with Gasteiger partial charge in [-0.05, 0) is 35.2 Å². The maximum atomic E-state index is 12.0. The molecule has 0 aliphatic rings. The Balaban J connectivity index is 2.17. The predicted molar refractivity (Wildman–Crippen MR) is 102 cm³/mol. The standard InChI is InChI=1S/C23H24O2/c1-3-22(18-10-6-4-7-11-18)23(24,19-12-8-5-9-13-19)20-14-16-21(25-2)17-15-20/h4-17,22,24H,3H2,1-2H3/t22-,23+/m1/s1. The average Bonchev–Trinajstić information content (AvgIpc) is 2.70. The summed E-state index contributed by atoms with van der Waals surface area (Å²) in [6.07, 6.45) is 0.821.